The van der Waals surface area contributed by atoms with Crippen LogP contribution in [0.3, 0.4) is 0 Å². The van der Waals surface area contributed by atoms with Crippen LogP contribution in [0.15, 0.2) is 42.5 Å². The molecule has 0 bridgehead atoms. The van der Waals surface area contributed by atoms with Crippen molar-refractivity contribution < 1.29 is 19.0 Å². The Morgan fingerprint density at radius 1 is 1.20 bits per heavy atom. The molecule has 1 atom stereocenters. The van der Waals surface area contributed by atoms with E-state index in [4.69, 9.17) is 4.74 Å². The van der Waals surface area contributed by atoms with E-state index in [0.29, 0.717) is 13.0 Å². The van der Waals surface area contributed by atoms with E-state index in [0.717, 1.165) is 55.0 Å². The third kappa shape index (κ3) is 4.00. The van der Waals surface area contributed by atoms with Gasteiger partial charge in [-0.15, -0.1) is 0 Å². The Hall–Kier alpha value is -2.90. The van der Waals surface area contributed by atoms with Crippen LogP contribution in [0.25, 0.3) is 10.9 Å². The van der Waals surface area contributed by atoms with Crippen LogP contribution in [0.4, 0.5) is 4.39 Å². The molecule has 3 aromatic rings. The van der Waals surface area contributed by atoms with Gasteiger partial charge in [0, 0.05) is 62.2 Å². The zero-order valence-corrected chi connectivity index (χ0v) is 20.8. The number of aromatic nitrogens is 1. The Labute approximate surface area is 205 Å². The molecule has 1 fully saturated rings. The number of halogens is 1. The average molecular weight is 480 g/mol. The fourth-order valence-corrected chi connectivity index (χ4v) is 6.31. The maximum Gasteiger partial charge on any atom is 0.222 e. The SMILES string of the molecule is CCC(=O)N1CCC2(CC1)CN(Cc1cccc(F)c1)[C@H](CO)c1c2c2ccc(OC)cc2n1C. The molecule has 6 nitrogen and oxygen atoms in total. The average Bonchev–Trinajstić information content (AvgIpc) is 3.17. The third-order valence-electron chi connectivity index (χ3n) is 8.07. The molecule has 1 spiro atoms. The van der Waals surface area contributed by atoms with Crippen LogP contribution >= 0.6 is 0 Å². The summed E-state index contributed by atoms with van der Waals surface area (Å²) in [6.45, 7) is 4.62. The van der Waals surface area contributed by atoms with Crippen LogP contribution in [0.5, 0.6) is 5.75 Å². The van der Waals surface area contributed by atoms with E-state index in [2.05, 4.69) is 28.6 Å². The van der Waals surface area contributed by atoms with Gasteiger partial charge < -0.3 is 19.3 Å². The van der Waals surface area contributed by atoms with E-state index >= 15 is 0 Å². The van der Waals surface area contributed by atoms with Crippen molar-refractivity contribution in [1.29, 1.82) is 0 Å². The number of rotatable bonds is 5. The van der Waals surface area contributed by atoms with E-state index in [9.17, 15) is 14.3 Å². The molecule has 0 radical (unpaired) electrons. The second kappa shape index (κ2) is 9.28. The molecule has 1 amide bonds. The topological polar surface area (TPSA) is 57.9 Å². The normalized spacial score (nSPS) is 19.8. The lowest BCUT2D eigenvalue weighted by atomic mass is 9.68. The highest BCUT2D eigenvalue weighted by Gasteiger charge is 2.48. The van der Waals surface area contributed by atoms with Gasteiger partial charge >= 0.3 is 0 Å². The Kier molecular flexibility index (Phi) is 6.32. The van der Waals surface area contributed by atoms with E-state index < -0.39 is 0 Å². The van der Waals surface area contributed by atoms with Crippen LogP contribution in [0, 0.1) is 5.82 Å². The lowest BCUT2D eigenvalue weighted by molar-refractivity contribution is -0.132. The zero-order valence-electron chi connectivity index (χ0n) is 20.8. The van der Waals surface area contributed by atoms with Gasteiger partial charge in [0.2, 0.25) is 5.91 Å². The molecule has 35 heavy (non-hydrogen) atoms. The number of methoxy groups -OCH3 is 1. The number of fused-ring (bicyclic) bond motifs is 4. The van der Waals surface area contributed by atoms with Gasteiger partial charge in [-0.2, -0.15) is 0 Å². The number of carbonyl (C=O) groups excluding carboxylic acids is 1. The standard InChI is InChI=1S/C28H34FN3O3/c1-4-25(34)31-12-10-28(11-13-31)18-32(16-19-6-5-7-20(29)14-19)24(17-33)27-26(28)22-9-8-21(35-3)15-23(22)30(27)2/h5-9,14-15,24,33H,4,10-13,16-18H2,1-3H3/t24-/m1/s1. The predicted molar refractivity (Wildman–Crippen MR) is 134 cm³/mol. The summed E-state index contributed by atoms with van der Waals surface area (Å²) in [6, 6.07) is 12.7. The number of carbonyl (C=O) groups is 1. The van der Waals surface area contributed by atoms with Gasteiger partial charge in [0.15, 0.2) is 0 Å². The fraction of sp³-hybridized carbons (Fsp3) is 0.464. The minimum absolute atomic E-state index is 0.0276. The number of piperidine rings is 1. The second-order valence-corrected chi connectivity index (χ2v) is 9.95. The zero-order chi connectivity index (χ0) is 24.7. The lowest BCUT2D eigenvalue weighted by Crippen LogP contribution is -2.54. The Bertz CT molecular complexity index is 1250. The molecule has 0 unspecified atom stereocenters. The van der Waals surface area contributed by atoms with Crippen molar-refractivity contribution in [3.8, 4) is 5.75 Å². The number of amides is 1. The molecule has 3 heterocycles. The van der Waals surface area contributed by atoms with E-state index in [1.165, 1.54) is 17.0 Å². The molecule has 5 rings (SSSR count). The maximum absolute atomic E-state index is 14.0. The number of hydrogen-bond donors (Lipinski definition) is 1. The first kappa shape index (κ1) is 23.8. The number of likely N-dealkylation sites (tertiary alicyclic amines) is 1. The van der Waals surface area contributed by atoms with Gasteiger partial charge in [0.25, 0.3) is 0 Å². The molecular formula is C28H34FN3O3. The first-order chi connectivity index (χ1) is 16.9. The Morgan fingerprint density at radius 2 is 1.97 bits per heavy atom. The van der Waals surface area contributed by atoms with Gasteiger partial charge in [0.1, 0.15) is 11.6 Å². The molecular weight excluding hydrogens is 445 g/mol. The highest BCUT2D eigenvalue weighted by Crippen LogP contribution is 2.50. The van der Waals surface area contributed by atoms with E-state index in [1.807, 2.05) is 24.0 Å². The van der Waals surface area contributed by atoms with Crippen LogP contribution in [-0.2, 0) is 23.8 Å². The van der Waals surface area contributed by atoms with Crippen molar-refractivity contribution in [3.63, 3.8) is 0 Å². The molecule has 2 aromatic carbocycles. The molecule has 1 saturated heterocycles. The highest BCUT2D eigenvalue weighted by molar-refractivity contribution is 5.88. The molecule has 186 valence electrons. The highest BCUT2D eigenvalue weighted by atomic mass is 19.1. The van der Waals surface area contributed by atoms with Gasteiger partial charge in [-0.3, -0.25) is 9.69 Å². The molecule has 0 aliphatic carbocycles. The van der Waals surface area contributed by atoms with Crippen molar-refractivity contribution in [2.75, 3.05) is 33.4 Å². The predicted octanol–water partition coefficient (Wildman–Crippen LogP) is 4.15. The number of aliphatic hydroxyl groups excluding tert-OH is 1. The number of ether oxygens (including phenoxy) is 1. The maximum atomic E-state index is 14.0. The first-order valence-electron chi connectivity index (χ1n) is 12.4. The van der Waals surface area contributed by atoms with Gasteiger partial charge in [-0.25, -0.2) is 4.39 Å². The summed E-state index contributed by atoms with van der Waals surface area (Å²) in [5, 5.41) is 11.8. The largest absolute Gasteiger partial charge is 0.497 e. The minimum atomic E-state index is -0.251. The smallest absolute Gasteiger partial charge is 0.222 e. The summed E-state index contributed by atoms with van der Waals surface area (Å²) in [7, 11) is 3.72. The molecule has 7 heteroatoms. The number of aliphatic hydroxyl groups is 1. The Morgan fingerprint density at radius 3 is 2.63 bits per heavy atom. The monoisotopic (exact) mass is 479 g/mol. The van der Waals surface area contributed by atoms with Crippen LogP contribution in [0.2, 0.25) is 0 Å². The van der Waals surface area contributed by atoms with Crippen molar-refractivity contribution in [2.24, 2.45) is 7.05 Å². The molecule has 1 N–H and O–H groups in total. The summed E-state index contributed by atoms with van der Waals surface area (Å²) >= 11 is 0. The van der Waals surface area contributed by atoms with Crippen molar-refractivity contribution >= 4 is 16.8 Å². The number of aryl methyl sites for hydroxylation is 1. The third-order valence-corrected chi connectivity index (χ3v) is 8.07. The van der Waals surface area contributed by atoms with Crippen molar-refractivity contribution in [2.45, 2.75) is 44.2 Å². The number of benzene rings is 2. The van der Waals surface area contributed by atoms with Gasteiger partial charge in [-0.05, 0) is 48.2 Å². The van der Waals surface area contributed by atoms with E-state index in [-0.39, 0.29) is 29.8 Å². The minimum Gasteiger partial charge on any atom is -0.497 e. The Balaban J connectivity index is 1.64. The van der Waals surface area contributed by atoms with Gasteiger partial charge in [0.05, 0.1) is 25.3 Å². The fourth-order valence-electron chi connectivity index (χ4n) is 6.31. The molecule has 2 aliphatic heterocycles. The van der Waals surface area contributed by atoms with E-state index in [1.54, 1.807) is 19.2 Å². The summed E-state index contributed by atoms with van der Waals surface area (Å²) in [4.78, 5) is 16.7. The summed E-state index contributed by atoms with van der Waals surface area (Å²) in [5.74, 6) is 0.743. The lowest BCUT2D eigenvalue weighted by Gasteiger charge is -2.50. The number of nitrogens with zero attached hydrogens (tertiary/aromatic N) is 3. The molecule has 0 saturated carbocycles. The van der Waals surface area contributed by atoms with Crippen LogP contribution in [-0.4, -0.2) is 58.7 Å². The van der Waals surface area contributed by atoms with Crippen molar-refractivity contribution in [1.82, 2.24) is 14.4 Å². The van der Waals surface area contributed by atoms with Gasteiger partial charge in [-0.1, -0.05) is 19.1 Å². The molecule has 1 aromatic heterocycles. The number of hydrogen-bond acceptors (Lipinski definition) is 4. The second-order valence-electron chi connectivity index (χ2n) is 9.95. The van der Waals surface area contributed by atoms with Crippen LogP contribution < -0.4 is 4.74 Å². The summed E-state index contributed by atoms with van der Waals surface area (Å²) in [6.07, 6.45) is 2.23. The quantitative estimate of drug-likeness (QED) is 0.598. The van der Waals surface area contributed by atoms with Crippen molar-refractivity contribution in [3.05, 3.63) is 65.1 Å². The summed E-state index contributed by atoms with van der Waals surface area (Å²) in [5.41, 5.74) is 4.20. The summed E-state index contributed by atoms with van der Waals surface area (Å²) < 4.78 is 21.7. The van der Waals surface area contributed by atoms with Crippen LogP contribution in [0.1, 0.15) is 49.0 Å². The molecule has 2 aliphatic rings. The first-order valence-corrected chi connectivity index (χ1v) is 12.4.